The SMILES string of the molecule is CC[C@@H](c1ccc(OC)c(OC(C)C)c1)N1C(=O)c2cccc(NC(C)=O)c2C1=O. The molecule has 7 nitrogen and oxygen atoms in total. The summed E-state index contributed by atoms with van der Waals surface area (Å²) in [6, 6.07) is 9.82. The highest BCUT2D eigenvalue weighted by atomic mass is 16.5. The number of benzene rings is 2. The lowest BCUT2D eigenvalue weighted by Crippen LogP contribution is -2.34. The van der Waals surface area contributed by atoms with Gasteiger partial charge in [0.05, 0.1) is 36.1 Å². The minimum Gasteiger partial charge on any atom is -0.493 e. The van der Waals surface area contributed by atoms with Crippen LogP contribution in [-0.4, -0.2) is 35.8 Å². The molecular formula is C23H26N2O5. The summed E-state index contributed by atoms with van der Waals surface area (Å²) in [6.07, 6.45) is 0.461. The number of amides is 3. The largest absolute Gasteiger partial charge is 0.493 e. The Hall–Kier alpha value is -3.35. The predicted molar refractivity (Wildman–Crippen MR) is 113 cm³/mol. The zero-order valence-corrected chi connectivity index (χ0v) is 17.8. The van der Waals surface area contributed by atoms with Gasteiger partial charge in [-0.1, -0.05) is 19.1 Å². The van der Waals surface area contributed by atoms with Crippen molar-refractivity contribution in [2.75, 3.05) is 12.4 Å². The molecule has 0 saturated carbocycles. The van der Waals surface area contributed by atoms with Crippen LogP contribution in [0, 0.1) is 0 Å². The fourth-order valence-electron chi connectivity index (χ4n) is 3.69. The Labute approximate surface area is 176 Å². The number of carbonyl (C=O) groups excluding carboxylic acids is 3. The van der Waals surface area contributed by atoms with Gasteiger partial charge in [0.1, 0.15) is 0 Å². The van der Waals surface area contributed by atoms with Gasteiger partial charge in [-0.05, 0) is 50.1 Å². The van der Waals surface area contributed by atoms with Crippen LogP contribution in [0.5, 0.6) is 11.5 Å². The standard InChI is InChI=1S/C23H26N2O5/c1-6-18(15-10-11-19(29-5)20(12-15)30-13(2)3)25-22(27)16-8-7-9-17(24-14(4)26)21(16)23(25)28/h7-13,18H,6H2,1-5H3,(H,24,26)/t18-/m0/s1. The minimum atomic E-state index is -0.483. The summed E-state index contributed by atoms with van der Waals surface area (Å²) in [6.45, 7) is 7.10. The van der Waals surface area contributed by atoms with Gasteiger partial charge in [-0.15, -0.1) is 0 Å². The van der Waals surface area contributed by atoms with Crippen molar-refractivity contribution >= 4 is 23.4 Å². The summed E-state index contributed by atoms with van der Waals surface area (Å²) in [7, 11) is 1.56. The van der Waals surface area contributed by atoms with Gasteiger partial charge in [-0.25, -0.2) is 0 Å². The highest BCUT2D eigenvalue weighted by Crippen LogP contribution is 2.39. The third kappa shape index (κ3) is 3.87. The van der Waals surface area contributed by atoms with Crippen molar-refractivity contribution in [3.05, 3.63) is 53.1 Å². The molecule has 1 heterocycles. The number of hydrogen-bond donors (Lipinski definition) is 1. The summed E-state index contributed by atoms with van der Waals surface area (Å²) >= 11 is 0. The molecular weight excluding hydrogens is 384 g/mol. The molecule has 0 fully saturated rings. The molecule has 0 aromatic heterocycles. The number of ether oxygens (including phenoxy) is 2. The number of rotatable bonds is 7. The van der Waals surface area contributed by atoms with E-state index >= 15 is 0 Å². The van der Waals surface area contributed by atoms with Crippen LogP contribution >= 0.6 is 0 Å². The number of anilines is 1. The van der Waals surface area contributed by atoms with E-state index in [1.165, 1.54) is 11.8 Å². The van der Waals surface area contributed by atoms with Crippen molar-refractivity contribution in [1.82, 2.24) is 4.90 Å². The Morgan fingerprint density at radius 2 is 1.83 bits per heavy atom. The normalized spacial score (nSPS) is 14.0. The van der Waals surface area contributed by atoms with Crippen molar-refractivity contribution in [1.29, 1.82) is 0 Å². The fourth-order valence-corrected chi connectivity index (χ4v) is 3.69. The van der Waals surface area contributed by atoms with Gasteiger partial charge in [0.15, 0.2) is 11.5 Å². The number of carbonyl (C=O) groups is 3. The molecule has 3 rings (SSSR count). The lowest BCUT2D eigenvalue weighted by atomic mass is 10.0. The summed E-state index contributed by atoms with van der Waals surface area (Å²) in [5.41, 5.74) is 1.62. The third-order valence-corrected chi connectivity index (χ3v) is 4.89. The van der Waals surface area contributed by atoms with Gasteiger partial charge in [0, 0.05) is 6.92 Å². The minimum absolute atomic E-state index is 0.0613. The average Bonchev–Trinajstić information content (AvgIpc) is 2.94. The summed E-state index contributed by atoms with van der Waals surface area (Å²) in [5.74, 6) is 0.0286. The Kier molecular flexibility index (Phi) is 6.10. The fraction of sp³-hybridized carbons (Fsp3) is 0.348. The molecule has 1 aliphatic heterocycles. The van der Waals surface area contributed by atoms with Crippen molar-refractivity contribution < 1.29 is 23.9 Å². The first-order valence-electron chi connectivity index (χ1n) is 9.91. The average molecular weight is 410 g/mol. The topological polar surface area (TPSA) is 84.9 Å². The van der Waals surface area contributed by atoms with Gasteiger partial charge < -0.3 is 14.8 Å². The molecule has 3 amide bonds. The van der Waals surface area contributed by atoms with Crippen LogP contribution in [-0.2, 0) is 4.79 Å². The van der Waals surface area contributed by atoms with E-state index in [1.54, 1.807) is 31.4 Å². The van der Waals surface area contributed by atoms with Gasteiger partial charge in [-0.3, -0.25) is 19.3 Å². The molecule has 158 valence electrons. The maximum Gasteiger partial charge on any atom is 0.264 e. The first-order valence-corrected chi connectivity index (χ1v) is 9.91. The van der Waals surface area contributed by atoms with Gasteiger partial charge in [0.2, 0.25) is 5.91 Å². The third-order valence-electron chi connectivity index (χ3n) is 4.89. The van der Waals surface area contributed by atoms with Crippen molar-refractivity contribution in [2.24, 2.45) is 0 Å². The molecule has 7 heteroatoms. The van der Waals surface area contributed by atoms with Crippen LogP contribution in [0.2, 0.25) is 0 Å². The number of fused-ring (bicyclic) bond motifs is 1. The van der Waals surface area contributed by atoms with Gasteiger partial charge in [0.25, 0.3) is 11.8 Å². The van der Waals surface area contributed by atoms with Gasteiger partial charge in [-0.2, -0.15) is 0 Å². The number of methoxy groups -OCH3 is 1. The van der Waals surface area contributed by atoms with E-state index in [0.29, 0.717) is 23.6 Å². The number of hydrogen-bond acceptors (Lipinski definition) is 5. The molecule has 0 aliphatic carbocycles. The van der Waals surface area contributed by atoms with Crippen molar-refractivity contribution in [3.8, 4) is 11.5 Å². The molecule has 0 saturated heterocycles. The first-order chi connectivity index (χ1) is 14.3. The Morgan fingerprint density at radius 1 is 1.10 bits per heavy atom. The molecule has 30 heavy (non-hydrogen) atoms. The lowest BCUT2D eigenvalue weighted by Gasteiger charge is -2.26. The Balaban J connectivity index is 2.03. The lowest BCUT2D eigenvalue weighted by molar-refractivity contribution is -0.114. The summed E-state index contributed by atoms with van der Waals surface area (Å²) in [4.78, 5) is 39.2. The summed E-state index contributed by atoms with van der Waals surface area (Å²) in [5, 5.41) is 2.64. The molecule has 1 aliphatic rings. The first kappa shape index (κ1) is 21.4. The quantitative estimate of drug-likeness (QED) is 0.692. The zero-order valence-electron chi connectivity index (χ0n) is 17.8. The monoisotopic (exact) mass is 410 g/mol. The van der Waals surface area contributed by atoms with E-state index in [0.717, 1.165) is 5.56 Å². The molecule has 1 atom stereocenters. The highest BCUT2D eigenvalue weighted by molar-refractivity contribution is 6.24. The second-order valence-electron chi connectivity index (χ2n) is 7.39. The number of nitrogens with zero attached hydrogens (tertiary/aromatic N) is 1. The van der Waals surface area contributed by atoms with Crippen LogP contribution < -0.4 is 14.8 Å². The summed E-state index contributed by atoms with van der Waals surface area (Å²) < 4.78 is 11.2. The number of nitrogens with one attached hydrogen (secondary N) is 1. The maximum absolute atomic E-state index is 13.3. The number of imide groups is 1. The predicted octanol–water partition coefficient (Wildman–Crippen LogP) is 4.19. The molecule has 2 aromatic carbocycles. The molecule has 1 N–H and O–H groups in total. The second-order valence-corrected chi connectivity index (χ2v) is 7.39. The van der Waals surface area contributed by atoms with Crippen LogP contribution in [0.4, 0.5) is 5.69 Å². The Bertz CT molecular complexity index is 999. The Morgan fingerprint density at radius 3 is 2.43 bits per heavy atom. The molecule has 0 unspecified atom stereocenters. The maximum atomic E-state index is 13.3. The van der Waals surface area contributed by atoms with E-state index < -0.39 is 11.9 Å². The van der Waals surface area contributed by atoms with Crippen LogP contribution in [0.25, 0.3) is 0 Å². The van der Waals surface area contributed by atoms with E-state index in [9.17, 15) is 14.4 Å². The molecule has 0 spiro atoms. The molecule has 2 aromatic rings. The van der Waals surface area contributed by atoms with Crippen molar-refractivity contribution in [2.45, 2.75) is 46.3 Å². The molecule has 0 radical (unpaired) electrons. The highest BCUT2D eigenvalue weighted by Gasteiger charge is 2.41. The second kappa shape index (κ2) is 8.57. The van der Waals surface area contributed by atoms with E-state index in [-0.39, 0.29) is 29.0 Å². The van der Waals surface area contributed by atoms with Crippen molar-refractivity contribution in [3.63, 3.8) is 0 Å². The van der Waals surface area contributed by atoms with Crippen LogP contribution in [0.15, 0.2) is 36.4 Å². The smallest absolute Gasteiger partial charge is 0.264 e. The van der Waals surface area contributed by atoms with Crippen LogP contribution in [0.3, 0.4) is 0 Å². The van der Waals surface area contributed by atoms with E-state index in [2.05, 4.69) is 5.32 Å². The van der Waals surface area contributed by atoms with Gasteiger partial charge >= 0.3 is 0 Å². The van der Waals surface area contributed by atoms with E-state index in [4.69, 9.17) is 9.47 Å². The van der Waals surface area contributed by atoms with Crippen LogP contribution in [0.1, 0.15) is 66.4 Å². The van der Waals surface area contributed by atoms with E-state index in [1.807, 2.05) is 32.9 Å². The molecule has 0 bridgehead atoms. The zero-order chi connectivity index (χ0) is 22.0.